The molecule has 1 aliphatic heterocycles. The zero-order valence-corrected chi connectivity index (χ0v) is 17.3. The number of rotatable bonds is 6. The van der Waals surface area contributed by atoms with Gasteiger partial charge in [0, 0.05) is 23.5 Å². The lowest BCUT2D eigenvalue weighted by Gasteiger charge is -2.30. The number of carboxylic acids is 1. The van der Waals surface area contributed by atoms with Gasteiger partial charge in [0.05, 0.1) is 22.0 Å². The minimum Gasteiger partial charge on any atom is -0.478 e. The number of carbonyl (C=O) groups is 2. The van der Waals surface area contributed by atoms with Crippen molar-refractivity contribution in [1.82, 2.24) is 5.32 Å². The first kappa shape index (κ1) is 21.8. The minimum atomic E-state index is -1.23. The topological polar surface area (TPSA) is 119 Å². The predicted octanol–water partition coefficient (Wildman–Crippen LogP) is 4.22. The van der Waals surface area contributed by atoms with Crippen molar-refractivity contribution >= 4 is 17.6 Å². The zero-order valence-electron chi connectivity index (χ0n) is 17.3. The Morgan fingerprint density at radius 2 is 1.71 bits per heavy atom. The van der Waals surface area contributed by atoms with Crippen molar-refractivity contribution in [2.24, 2.45) is 0 Å². The summed E-state index contributed by atoms with van der Waals surface area (Å²) in [6.07, 6.45) is -0.569. The first-order chi connectivity index (χ1) is 14.7. The number of dihydropyridines is 1. The molecule has 0 spiro atoms. The molecule has 2 unspecified atom stereocenters. The van der Waals surface area contributed by atoms with Crippen molar-refractivity contribution < 1.29 is 24.4 Å². The van der Waals surface area contributed by atoms with Crippen molar-refractivity contribution in [1.29, 1.82) is 0 Å². The Hall–Kier alpha value is -3.94. The van der Waals surface area contributed by atoms with Crippen LogP contribution in [0.1, 0.15) is 43.9 Å². The lowest BCUT2D eigenvalue weighted by atomic mass is 9.80. The second kappa shape index (κ2) is 8.83. The standard InChI is InChI=1S/C23H22N2O6/c1-13-19(22(26)27)21(17-10-7-11-18(12-17)25(29)30)20(14(2)24-13)23(28)31-15(3)16-8-5-4-6-9-16/h4-12,15,21,24H,1-3H3,(H,26,27). The molecule has 1 heterocycles. The summed E-state index contributed by atoms with van der Waals surface area (Å²) in [5, 5.41) is 24.1. The smallest absolute Gasteiger partial charge is 0.337 e. The first-order valence-electron chi connectivity index (χ1n) is 9.62. The number of ether oxygens (including phenoxy) is 1. The molecule has 0 amide bonds. The van der Waals surface area contributed by atoms with Crippen LogP contribution in [0.3, 0.4) is 0 Å². The average molecular weight is 422 g/mol. The molecule has 0 saturated carbocycles. The fraction of sp³-hybridized carbons (Fsp3) is 0.217. The van der Waals surface area contributed by atoms with Crippen molar-refractivity contribution in [2.75, 3.05) is 0 Å². The Morgan fingerprint density at radius 3 is 2.32 bits per heavy atom. The van der Waals surface area contributed by atoms with Gasteiger partial charge in [-0.05, 0) is 31.9 Å². The molecule has 2 aromatic rings. The van der Waals surface area contributed by atoms with Gasteiger partial charge in [-0.2, -0.15) is 0 Å². The van der Waals surface area contributed by atoms with E-state index >= 15 is 0 Å². The van der Waals surface area contributed by atoms with E-state index in [1.165, 1.54) is 18.2 Å². The van der Waals surface area contributed by atoms with Gasteiger partial charge in [-0.3, -0.25) is 10.1 Å². The van der Waals surface area contributed by atoms with Gasteiger partial charge in [-0.15, -0.1) is 0 Å². The molecule has 1 aliphatic rings. The number of esters is 1. The van der Waals surface area contributed by atoms with Gasteiger partial charge in [0.1, 0.15) is 6.10 Å². The summed E-state index contributed by atoms with van der Waals surface area (Å²) < 4.78 is 5.65. The molecule has 0 aromatic heterocycles. The molecule has 8 nitrogen and oxygen atoms in total. The number of allylic oxidation sites excluding steroid dienone is 2. The quantitative estimate of drug-likeness (QED) is 0.406. The Kier molecular flexibility index (Phi) is 6.20. The van der Waals surface area contributed by atoms with Crippen LogP contribution in [0.4, 0.5) is 5.69 Å². The molecule has 0 radical (unpaired) electrons. The predicted molar refractivity (Wildman–Crippen MR) is 113 cm³/mol. The van der Waals surface area contributed by atoms with E-state index in [2.05, 4.69) is 5.32 Å². The highest BCUT2D eigenvalue weighted by atomic mass is 16.6. The Bertz CT molecular complexity index is 1100. The number of nitro groups is 1. The van der Waals surface area contributed by atoms with Crippen molar-refractivity contribution in [2.45, 2.75) is 32.8 Å². The number of nitrogens with one attached hydrogen (secondary N) is 1. The van der Waals surface area contributed by atoms with E-state index in [0.717, 1.165) is 5.56 Å². The summed E-state index contributed by atoms with van der Waals surface area (Å²) in [5.41, 5.74) is 1.75. The van der Waals surface area contributed by atoms with E-state index in [1.54, 1.807) is 26.8 Å². The average Bonchev–Trinajstić information content (AvgIpc) is 2.73. The number of hydrogen-bond acceptors (Lipinski definition) is 6. The molecule has 2 aromatic carbocycles. The summed E-state index contributed by atoms with van der Waals surface area (Å²) in [4.78, 5) is 36.0. The fourth-order valence-corrected chi connectivity index (χ4v) is 3.72. The maximum absolute atomic E-state index is 13.2. The van der Waals surface area contributed by atoms with Crippen LogP contribution in [-0.2, 0) is 14.3 Å². The number of carbonyl (C=O) groups excluding carboxylic acids is 1. The van der Waals surface area contributed by atoms with Crippen LogP contribution < -0.4 is 5.32 Å². The van der Waals surface area contributed by atoms with Crippen LogP contribution in [0.25, 0.3) is 0 Å². The highest BCUT2D eigenvalue weighted by molar-refractivity contribution is 5.99. The van der Waals surface area contributed by atoms with Gasteiger partial charge < -0.3 is 15.2 Å². The van der Waals surface area contributed by atoms with Gasteiger partial charge in [-0.1, -0.05) is 42.5 Å². The van der Waals surface area contributed by atoms with E-state index in [0.29, 0.717) is 17.0 Å². The summed E-state index contributed by atoms with van der Waals surface area (Å²) in [6.45, 7) is 4.96. The fourth-order valence-electron chi connectivity index (χ4n) is 3.72. The van der Waals surface area contributed by atoms with Crippen LogP contribution in [0, 0.1) is 10.1 Å². The van der Waals surface area contributed by atoms with E-state index in [9.17, 15) is 24.8 Å². The number of non-ortho nitro benzene ring substituents is 1. The molecular formula is C23H22N2O6. The molecule has 31 heavy (non-hydrogen) atoms. The number of carboxylic acid groups (broad SMARTS) is 1. The van der Waals surface area contributed by atoms with Crippen molar-refractivity contribution in [3.8, 4) is 0 Å². The maximum Gasteiger partial charge on any atom is 0.337 e. The largest absolute Gasteiger partial charge is 0.478 e. The van der Waals surface area contributed by atoms with E-state index in [4.69, 9.17) is 4.74 Å². The van der Waals surface area contributed by atoms with Gasteiger partial charge in [0.25, 0.3) is 5.69 Å². The summed E-state index contributed by atoms with van der Waals surface area (Å²) in [6, 6.07) is 14.8. The summed E-state index contributed by atoms with van der Waals surface area (Å²) >= 11 is 0. The van der Waals surface area contributed by atoms with Gasteiger partial charge in [0.2, 0.25) is 0 Å². The highest BCUT2D eigenvalue weighted by Crippen LogP contribution is 2.40. The van der Waals surface area contributed by atoms with E-state index in [1.807, 2.05) is 30.3 Å². The monoisotopic (exact) mass is 422 g/mol. The molecule has 2 atom stereocenters. The lowest BCUT2D eigenvalue weighted by molar-refractivity contribution is -0.384. The number of nitrogens with zero attached hydrogens (tertiary/aromatic N) is 1. The molecule has 8 heteroatoms. The highest BCUT2D eigenvalue weighted by Gasteiger charge is 2.38. The Balaban J connectivity index is 2.06. The van der Waals surface area contributed by atoms with Crippen LogP contribution in [0.2, 0.25) is 0 Å². The van der Waals surface area contributed by atoms with Gasteiger partial charge >= 0.3 is 11.9 Å². The summed E-state index contributed by atoms with van der Waals surface area (Å²) in [5.74, 6) is -2.94. The van der Waals surface area contributed by atoms with Crippen LogP contribution in [0.15, 0.2) is 77.1 Å². The molecule has 160 valence electrons. The molecule has 2 N–H and O–H groups in total. The normalized spacial score (nSPS) is 17.1. The SMILES string of the molecule is CC1=C(C(=O)O)C(c2cccc([N+](=O)[O-])c2)C(C(=O)OC(C)c2ccccc2)=C(C)N1. The third kappa shape index (κ3) is 4.48. The summed E-state index contributed by atoms with van der Waals surface area (Å²) in [7, 11) is 0. The van der Waals surface area contributed by atoms with Crippen LogP contribution in [-0.4, -0.2) is 22.0 Å². The Labute approximate surface area is 179 Å². The zero-order chi connectivity index (χ0) is 22.7. The molecule has 0 aliphatic carbocycles. The Morgan fingerprint density at radius 1 is 1.06 bits per heavy atom. The van der Waals surface area contributed by atoms with Crippen molar-refractivity contribution in [3.05, 3.63) is 98.4 Å². The molecule has 0 bridgehead atoms. The third-order valence-corrected chi connectivity index (χ3v) is 5.18. The molecule has 3 rings (SSSR count). The van der Waals surface area contributed by atoms with Crippen molar-refractivity contribution in [3.63, 3.8) is 0 Å². The van der Waals surface area contributed by atoms with Crippen LogP contribution >= 0.6 is 0 Å². The molecule has 0 saturated heterocycles. The number of benzene rings is 2. The third-order valence-electron chi connectivity index (χ3n) is 5.18. The lowest BCUT2D eigenvalue weighted by Crippen LogP contribution is -2.32. The van der Waals surface area contributed by atoms with Gasteiger partial charge in [-0.25, -0.2) is 9.59 Å². The number of nitro benzene ring substituents is 1. The molecular weight excluding hydrogens is 400 g/mol. The second-order valence-corrected chi connectivity index (χ2v) is 7.25. The van der Waals surface area contributed by atoms with Crippen LogP contribution in [0.5, 0.6) is 0 Å². The molecule has 0 fully saturated rings. The van der Waals surface area contributed by atoms with Gasteiger partial charge in [0.15, 0.2) is 0 Å². The number of hydrogen-bond donors (Lipinski definition) is 2. The van der Waals surface area contributed by atoms with E-state index < -0.39 is 28.9 Å². The second-order valence-electron chi connectivity index (χ2n) is 7.25. The van der Waals surface area contributed by atoms with E-state index in [-0.39, 0.29) is 16.8 Å². The number of aliphatic carboxylic acids is 1. The minimum absolute atomic E-state index is 0.0644. The maximum atomic E-state index is 13.2. The first-order valence-corrected chi connectivity index (χ1v) is 9.62.